The molecular weight excluding hydrogens is 282 g/mol. The Balaban J connectivity index is 1.83. The van der Waals surface area contributed by atoms with Gasteiger partial charge in [-0.05, 0) is 17.7 Å². The highest BCUT2D eigenvalue weighted by Gasteiger charge is 2.10. The fraction of sp³-hybridized carbons (Fsp3) is 0.167. The van der Waals surface area contributed by atoms with Crippen LogP contribution in [0.5, 0.6) is 0 Å². The van der Waals surface area contributed by atoms with Gasteiger partial charge in [-0.2, -0.15) is 0 Å². The molecule has 19 heavy (non-hydrogen) atoms. The lowest BCUT2D eigenvalue weighted by atomic mass is 10.2. The van der Waals surface area contributed by atoms with Gasteiger partial charge in [-0.1, -0.05) is 40.7 Å². The SMILES string of the molecule is Cn1nnc2c(SCc3ccc(Cl)cc3)ncnc21. The largest absolute Gasteiger partial charge is 0.230 e. The van der Waals surface area contributed by atoms with Gasteiger partial charge in [-0.15, -0.1) is 5.10 Å². The van der Waals surface area contributed by atoms with E-state index >= 15 is 0 Å². The topological polar surface area (TPSA) is 56.5 Å². The van der Waals surface area contributed by atoms with E-state index in [0.717, 1.165) is 27.0 Å². The first kappa shape index (κ1) is 12.4. The summed E-state index contributed by atoms with van der Waals surface area (Å²) < 4.78 is 1.64. The molecule has 0 atom stereocenters. The molecule has 0 saturated heterocycles. The van der Waals surface area contributed by atoms with Crippen LogP contribution in [-0.2, 0) is 12.8 Å². The highest BCUT2D eigenvalue weighted by Crippen LogP contribution is 2.25. The van der Waals surface area contributed by atoms with Crippen molar-refractivity contribution < 1.29 is 0 Å². The number of nitrogens with zero attached hydrogens (tertiary/aromatic N) is 5. The summed E-state index contributed by atoms with van der Waals surface area (Å²) in [5, 5.41) is 9.63. The normalized spacial score (nSPS) is 11.1. The number of aromatic nitrogens is 5. The maximum Gasteiger partial charge on any atom is 0.182 e. The molecule has 0 saturated carbocycles. The van der Waals surface area contributed by atoms with Crippen LogP contribution in [0.25, 0.3) is 11.2 Å². The predicted molar refractivity (Wildman–Crippen MR) is 75.1 cm³/mol. The van der Waals surface area contributed by atoms with Crippen molar-refractivity contribution in [1.82, 2.24) is 25.0 Å². The zero-order valence-corrected chi connectivity index (χ0v) is 11.7. The van der Waals surface area contributed by atoms with Crippen molar-refractivity contribution in [2.75, 3.05) is 0 Å². The van der Waals surface area contributed by atoms with Crippen molar-refractivity contribution in [3.8, 4) is 0 Å². The number of aryl methyl sites for hydroxylation is 1. The van der Waals surface area contributed by atoms with E-state index in [1.165, 1.54) is 11.9 Å². The Labute approximate surface area is 119 Å². The van der Waals surface area contributed by atoms with E-state index < -0.39 is 0 Å². The first-order valence-electron chi connectivity index (χ1n) is 5.61. The van der Waals surface area contributed by atoms with E-state index in [9.17, 15) is 0 Å². The molecule has 1 aromatic carbocycles. The van der Waals surface area contributed by atoms with E-state index in [0.29, 0.717) is 0 Å². The summed E-state index contributed by atoms with van der Waals surface area (Å²) >= 11 is 7.47. The Morgan fingerprint density at radius 3 is 2.79 bits per heavy atom. The summed E-state index contributed by atoms with van der Waals surface area (Å²) in [6.45, 7) is 0. The van der Waals surface area contributed by atoms with Crippen molar-refractivity contribution in [3.63, 3.8) is 0 Å². The second-order valence-corrected chi connectivity index (χ2v) is 5.38. The molecule has 3 rings (SSSR count). The minimum atomic E-state index is 0.740. The number of benzene rings is 1. The molecule has 2 heterocycles. The highest BCUT2D eigenvalue weighted by molar-refractivity contribution is 7.98. The molecule has 0 aliphatic heterocycles. The molecule has 0 radical (unpaired) electrons. The van der Waals surface area contributed by atoms with Crippen molar-refractivity contribution in [2.45, 2.75) is 10.8 Å². The van der Waals surface area contributed by atoms with E-state index in [1.807, 2.05) is 31.3 Å². The summed E-state index contributed by atoms with van der Waals surface area (Å²) in [4.78, 5) is 8.43. The lowest BCUT2D eigenvalue weighted by molar-refractivity contribution is 0.729. The minimum absolute atomic E-state index is 0.740. The second kappa shape index (κ2) is 5.14. The molecule has 2 aromatic heterocycles. The van der Waals surface area contributed by atoms with Gasteiger partial charge < -0.3 is 0 Å². The van der Waals surface area contributed by atoms with Crippen molar-refractivity contribution in [1.29, 1.82) is 0 Å². The lowest BCUT2D eigenvalue weighted by Gasteiger charge is -2.01. The van der Waals surface area contributed by atoms with Gasteiger partial charge in [-0.3, -0.25) is 0 Å². The average Bonchev–Trinajstić information content (AvgIpc) is 2.81. The molecule has 0 amide bonds. The third-order valence-electron chi connectivity index (χ3n) is 2.64. The zero-order valence-electron chi connectivity index (χ0n) is 10.1. The number of hydrogen-bond donors (Lipinski definition) is 0. The van der Waals surface area contributed by atoms with Crippen LogP contribution in [0.15, 0.2) is 35.6 Å². The Morgan fingerprint density at radius 2 is 2.00 bits per heavy atom. The van der Waals surface area contributed by atoms with Gasteiger partial charge >= 0.3 is 0 Å². The summed E-state index contributed by atoms with van der Waals surface area (Å²) in [6.07, 6.45) is 1.54. The minimum Gasteiger partial charge on any atom is -0.230 e. The maximum absolute atomic E-state index is 5.86. The van der Waals surface area contributed by atoms with Crippen molar-refractivity contribution in [2.24, 2.45) is 7.05 Å². The second-order valence-electron chi connectivity index (χ2n) is 3.98. The first-order chi connectivity index (χ1) is 9.24. The number of fused-ring (bicyclic) bond motifs is 1. The van der Waals surface area contributed by atoms with Crippen LogP contribution in [-0.4, -0.2) is 25.0 Å². The standard InChI is InChI=1S/C12H10ClN5S/c1-18-11-10(16-17-18)12(15-7-14-11)19-6-8-2-4-9(13)5-3-8/h2-5,7H,6H2,1H3. The van der Waals surface area contributed by atoms with Gasteiger partial charge in [0.15, 0.2) is 11.2 Å². The van der Waals surface area contributed by atoms with Crippen LogP contribution >= 0.6 is 23.4 Å². The summed E-state index contributed by atoms with van der Waals surface area (Å²) in [5.41, 5.74) is 2.67. The fourth-order valence-electron chi connectivity index (χ4n) is 1.67. The quantitative estimate of drug-likeness (QED) is 0.548. The van der Waals surface area contributed by atoms with E-state index in [4.69, 9.17) is 11.6 Å². The smallest absolute Gasteiger partial charge is 0.182 e. The summed E-state index contributed by atoms with van der Waals surface area (Å²) in [6, 6.07) is 7.78. The maximum atomic E-state index is 5.86. The van der Waals surface area contributed by atoms with Gasteiger partial charge in [0.2, 0.25) is 0 Å². The Hall–Kier alpha value is -1.66. The highest BCUT2D eigenvalue weighted by atomic mass is 35.5. The van der Waals surface area contributed by atoms with Crippen LogP contribution in [0.2, 0.25) is 5.02 Å². The lowest BCUT2D eigenvalue weighted by Crippen LogP contribution is -1.93. The Morgan fingerprint density at radius 1 is 1.21 bits per heavy atom. The van der Waals surface area contributed by atoms with Crippen LogP contribution in [0.4, 0.5) is 0 Å². The van der Waals surface area contributed by atoms with Gasteiger partial charge in [0, 0.05) is 17.8 Å². The average molecular weight is 292 g/mol. The van der Waals surface area contributed by atoms with E-state index in [2.05, 4.69) is 20.3 Å². The fourth-order valence-corrected chi connectivity index (χ4v) is 2.68. The number of rotatable bonds is 3. The predicted octanol–water partition coefficient (Wildman–Crippen LogP) is 2.70. The molecule has 7 heteroatoms. The van der Waals surface area contributed by atoms with Gasteiger partial charge in [-0.25, -0.2) is 14.6 Å². The van der Waals surface area contributed by atoms with Gasteiger partial charge in [0.25, 0.3) is 0 Å². The molecule has 0 aliphatic carbocycles. The van der Waals surface area contributed by atoms with Crippen LogP contribution in [0, 0.1) is 0 Å². The van der Waals surface area contributed by atoms with Gasteiger partial charge in [0.05, 0.1) is 0 Å². The van der Waals surface area contributed by atoms with Crippen LogP contribution < -0.4 is 0 Å². The first-order valence-corrected chi connectivity index (χ1v) is 6.98. The Bertz CT molecular complexity index is 710. The third-order valence-corrected chi connectivity index (χ3v) is 3.95. The number of halogens is 1. The summed E-state index contributed by atoms with van der Waals surface area (Å²) in [5.74, 6) is 0.805. The zero-order chi connectivity index (χ0) is 13.2. The van der Waals surface area contributed by atoms with Crippen LogP contribution in [0.1, 0.15) is 5.56 Å². The molecule has 3 aromatic rings. The molecule has 0 unspecified atom stereocenters. The number of hydrogen-bond acceptors (Lipinski definition) is 5. The van der Waals surface area contributed by atoms with E-state index in [1.54, 1.807) is 16.4 Å². The molecule has 0 N–H and O–H groups in total. The molecule has 5 nitrogen and oxygen atoms in total. The molecule has 0 fully saturated rings. The molecular formula is C12H10ClN5S. The molecule has 0 bridgehead atoms. The Kier molecular flexibility index (Phi) is 3.35. The number of thioether (sulfide) groups is 1. The molecule has 96 valence electrons. The molecule has 0 aliphatic rings. The summed E-state index contributed by atoms with van der Waals surface area (Å²) in [7, 11) is 1.82. The van der Waals surface area contributed by atoms with Gasteiger partial charge in [0.1, 0.15) is 11.4 Å². The third kappa shape index (κ3) is 2.54. The van der Waals surface area contributed by atoms with Crippen molar-refractivity contribution >= 4 is 34.5 Å². The van der Waals surface area contributed by atoms with E-state index in [-0.39, 0.29) is 0 Å². The van der Waals surface area contributed by atoms with Crippen molar-refractivity contribution in [3.05, 3.63) is 41.2 Å². The van der Waals surface area contributed by atoms with Crippen LogP contribution in [0.3, 0.4) is 0 Å². The molecule has 0 spiro atoms. The monoisotopic (exact) mass is 291 g/mol.